The van der Waals surface area contributed by atoms with Crippen LogP contribution in [-0.2, 0) is 4.74 Å². The van der Waals surface area contributed by atoms with E-state index in [1.54, 1.807) is 37.4 Å². The minimum Gasteiger partial charge on any atom is -0.459 e. The number of amides is 1. The van der Waals surface area contributed by atoms with Gasteiger partial charge in [0.05, 0.1) is 11.7 Å². The first-order valence-corrected chi connectivity index (χ1v) is 9.63. The molecule has 5 nitrogen and oxygen atoms in total. The Morgan fingerprint density at radius 3 is 2.57 bits per heavy atom. The quantitative estimate of drug-likeness (QED) is 0.443. The van der Waals surface area contributed by atoms with Crippen molar-refractivity contribution in [3.63, 3.8) is 0 Å². The minimum absolute atomic E-state index is 0.0571. The Bertz CT molecular complexity index is 1020. The van der Waals surface area contributed by atoms with Gasteiger partial charge in [0.25, 0.3) is 5.91 Å². The fraction of sp³-hybridized carbons (Fsp3) is 0.150. The molecule has 1 N–H and O–H groups in total. The molecule has 0 aliphatic carbocycles. The molecule has 0 spiro atoms. The molecular weight excluding hydrogens is 403 g/mol. The van der Waals surface area contributed by atoms with Gasteiger partial charge in [-0.15, -0.1) is 11.3 Å². The van der Waals surface area contributed by atoms with Crippen LogP contribution >= 0.6 is 22.9 Å². The van der Waals surface area contributed by atoms with Gasteiger partial charge in [-0.2, -0.15) is 0 Å². The van der Waals surface area contributed by atoms with E-state index in [0.29, 0.717) is 16.1 Å². The van der Waals surface area contributed by atoms with Crippen LogP contribution in [0.4, 0.5) is 9.39 Å². The summed E-state index contributed by atoms with van der Waals surface area (Å²) in [5.74, 6) is -1.46. The van der Waals surface area contributed by atoms with E-state index in [-0.39, 0.29) is 28.2 Å². The van der Waals surface area contributed by atoms with Crippen molar-refractivity contribution < 1.29 is 18.7 Å². The Kier molecular flexibility index (Phi) is 6.06. The standard InChI is InChI=1S/C20H16ClFN2O3S/c1-11(2)27-20(26)16-15(12-5-7-13(22)8-6-12)10-28-19(16)24-18(25)14-4-3-9-23-17(14)21/h3-11H,1-2H3,(H,24,25). The summed E-state index contributed by atoms with van der Waals surface area (Å²) in [7, 11) is 0. The van der Waals surface area contributed by atoms with Gasteiger partial charge in [0, 0.05) is 17.1 Å². The number of benzene rings is 1. The van der Waals surface area contributed by atoms with Gasteiger partial charge in [0.15, 0.2) is 0 Å². The van der Waals surface area contributed by atoms with E-state index < -0.39 is 11.9 Å². The van der Waals surface area contributed by atoms with Crippen LogP contribution in [0.2, 0.25) is 5.15 Å². The molecule has 0 aliphatic heterocycles. The number of nitrogens with zero attached hydrogens (tertiary/aromatic N) is 1. The van der Waals surface area contributed by atoms with Gasteiger partial charge in [-0.1, -0.05) is 23.7 Å². The number of esters is 1. The lowest BCUT2D eigenvalue weighted by Crippen LogP contribution is -2.17. The van der Waals surface area contributed by atoms with Crippen molar-refractivity contribution in [3.05, 3.63) is 70.1 Å². The average molecular weight is 419 g/mol. The Labute approximate surface area is 170 Å². The first-order valence-electron chi connectivity index (χ1n) is 8.37. The topological polar surface area (TPSA) is 68.3 Å². The first-order chi connectivity index (χ1) is 13.4. The third kappa shape index (κ3) is 4.37. The summed E-state index contributed by atoms with van der Waals surface area (Å²) >= 11 is 7.15. The fourth-order valence-electron chi connectivity index (χ4n) is 2.49. The summed E-state index contributed by atoms with van der Waals surface area (Å²) in [6.07, 6.45) is 1.13. The van der Waals surface area contributed by atoms with Crippen LogP contribution in [0.5, 0.6) is 0 Å². The van der Waals surface area contributed by atoms with Gasteiger partial charge < -0.3 is 10.1 Å². The molecule has 2 heterocycles. The van der Waals surface area contributed by atoms with Crippen molar-refractivity contribution in [1.82, 2.24) is 4.98 Å². The van der Waals surface area contributed by atoms with E-state index in [4.69, 9.17) is 16.3 Å². The predicted octanol–water partition coefficient (Wildman–Crippen LogP) is 5.42. The lowest BCUT2D eigenvalue weighted by molar-refractivity contribution is 0.0380. The maximum Gasteiger partial charge on any atom is 0.342 e. The SMILES string of the molecule is CC(C)OC(=O)c1c(-c2ccc(F)cc2)csc1NC(=O)c1cccnc1Cl. The smallest absolute Gasteiger partial charge is 0.342 e. The van der Waals surface area contributed by atoms with Gasteiger partial charge in [0.1, 0.15) is 21.5 Å². The van der Waals surface area contributed by atoms with Crippen molar-refractivity contribution in [3.8, 4) is 11.1 Å². The van der Waals surface area contributed by atoms with Crippen LogP contribution in [0.1, 0.15) is 34.6 Å². The van der Waals surface area contributed by atoms with Crippen LogP contribution in [0, 0.1) is 5.82 Å². The van der Waals surface area contributed by atoms with Crippen molar-refractivity contribution in [2.75, 3.05) is 5.32 Å². The number of ether oxygens (including phenoxy) is 1. The zero-order valence-electron chi connectivity index (χ0n) is 15.0. The van der Waals surface area contributed by atoms with Gasteiger partial charge in [0.2, 0.25) is 0 Å². The number of hydrogen-bond acceptors (Lipinski definition) is 5. The fourth-order valence-corrected chi connectivity index (χ4v) is 3.65. The van der Waals surface area contributed by atoms with E-state index in [1.165, 1.54) is 35.7 Å². The Morgan fingerprint density at radius 2 is 1.93 bits per heavy atom. The van der Waals surface area contributed by atoms with Gasteiger partial charge in [-0.05, 0) is 43.7 Å². The zero-order valence-corrected chi connectivity index (χ0v) is 16.6. The number of anilines is 1. The molecule has 2 aromatic heterocycles. The molecule has 0 aliphatic rings. The Morgan fingerprint density at radius 1 is 1.21 bits per heavy atom. The van der Waals surface area contributed by atoms with Crippen molar-refractivity contribution in [2.24, 2.45) is 0 Å². The number of nitrogens with one attached hydrogen (secondary N) is 1. The van der Waals surface area contributed by atoms with Crippen LogP contribution in [-0.4, -0.2) is 23.0 Å². The molecule has 3 rings (SSSR count). The number of thiophene rings is 1. The summed E-state index contributed by atoms with van der Waals surface area (Å²) in [6.45, 7) is 3.46. The highest BCUT2D eigenvalue weighted by Crippen LogP contribution is 2.37. The van der Waals surface area contributed by atoms with Gasteiger partial charge >= 0.3 is 5.97 Å². The Hall–Kier alpha value is -2.77. The maximum absolute atomic E-state index is 13.3. The van der Waals surface area contributed by atoms with Crippen LogP contribution in [0.3, 0.4) is 0 Å². The van der Waals surface area contributed by atoms with E-state index in [9.17, 15) is 14.0 Å². The van der Waals surface area contributed by atoms with E-state index in [1.807, 2.05) is 0 Å². The second kappa shape index (κ2) is 8.50. The highest BCUT2D eigenvalue weighted by molar-refractivity contribution is 7.15. The number of rotatable bonds is 5. The minimum atomic E-state index is -0.580. The molecular formula is C20H16ClFN2O3S. The van der Waals surface area contributed by atoms with Gasteiger partial charge in [-0.25, -0.2) is 14.2 Å². The average Bonchev–Trinajstić information content (AvgIpc) is 3.05. The number of carbonyl (C=O) groups excluding carboxylic acids is 2. The summed E-state index contributed by atoms with van der Waals surface area (Å²) in [4.78, 5) is 29.2. The second-order valence-corrected chi connectivity index (χ2v) is 7.35. The molecule has 0 bridgehead atoms. The largest absolute Gasteiger partial charge is 0.459 e. The number of hydrogen-bond donors (Lipinski definition) is 1. The van der Waals surface area contributed by atoms with Crippen molar-refractivity contribution >= 4 is 39.8 Å². The summed E-state index contributed by atoms with van der Waals surface area (Å²) in [5, 5.41) is 4.79. The third-order valence-corrected chi connectivity index (χ3v) is 4.92. The number of aromatic nitrogens is 1. The molecule has 0 radical (unpaired) electrons. The van der Waals surface area contributed by atoms with Crippen LogP contribution < -0.4 is 5.32 Å². The number of carbonyl (C=O) groups is 2. The summed E-state index contributed by atoms with van der Waals surface area (Å²) in [5.41, 5.74) is 1.57. The first kappa shape index (κ1) is 20.0. The predicted molar refractivity (Wildman–Crippen MR) is 107 cm³/mol. The molecule has 1 amide bonds. The molecule has 144 valence electrons. The maximum atomic E-state index is 13.3. The van der Waals surface area contributed by atoms with Crippen LogP contribution in [0.25, 0.3) is 11.1 Å². The molecule has 0 saturated heterocycles. The molecule has 0 saturated carbocycles. The van der Waals surface area contributed by atoms with Crippen molar-refractivity contribution in [2.45, 2.75) is 20.0 Å². The third-order valence-electron chi connectivity index (χ3n) is 3.72. The van der Waals surface area contributed by atoms with Crippen molar-refractivity contribution in [1.29, 1.82) is 0 Å². The zero-order chi connectivity index (χ0) is 20.3. The molecule has 0 fully saturated rings. The highest BCUT2D eigenvalue weighted by atomic mass is 35.5. The molecule has 8 heteroatoms. The molecule has 1 aromatic carbocycles. The molecule has 0 atom stereocenters. The van der Waals surface area contributed by atoms with Gasteiger partial charge in [-0.3, -0.25) is 4.79 Å². The number of halogens is 2. The lowest BCUT2D eigenvalue weighted by Gasteiger charge is -2.12. The Balaban J connectivity index is 2.01. The highest BCUT2D eigenvalue weighted by Gasteiger charge is 2.24. The summed E-state index contributed by atoms with van der Waals surface area (Å²) < 4.78 is 18.6. The van der Waals surface area contributed by atoms with E-state index in [0.717, 1.165) is 0 Å². The monoisotopic (exact) mass is 418 g/mol. The number of pyridine rings is 1. The molecule has 0 unspecified atom stereocenters. The molecule has 3 aromatic rings. The normalized spacial score (nSPS) is 10.8. The summed E-state index contributed by atoms with van der Waals surface area (Å²) in [6, 6.07) is 8.86. The van der Waals surface area contributed by atoms with E-state index in [2.05, 4.69) is 10.3 Å². The molecule has 28 heavy (non-hydrogen) atoms. The second-order valence-electron chi connectivity index (χ2n) is 6.11. The van der Waals surface area contributed by atoms with Crippen LogP contribution in [0.15, 0.2) is 48.0 Å². The lowest BCUT2D eigenvalue weighted by atomic mass is 10.0. The van der Waals surface area contributed by atoms with E-state index >= 15 is 0 Å².